The second kappa shape index (κ2) is 4.09. The van der Waals surface area contributed by atoms with Gasteiger partial charge in [0.05, 0.1) is 0 Å². The van der Waals surface area contributed by atoms with Crippen molar-refractivity contribution >= 4 is 11.9 Å². The summed E-state index contributed by atoms with van der Waals surface area (Å²) in [7, 11) is 0. The molecule has 2 saturated carbocycles. The van der Waals surface area contributed by atoms with E-state index in [0.717, 1.165) is 24.3 Å². The molecule has 0 amide bonds. The van der Waals surface area contributed by atoms with Gasteiger partial charge < -0.3 is 14.8 Å². The number of furan rings is 1. The van der Waals surface area contributed by atoms with E-state index in [1.165, 1.54) is 31.7 Å². The van der Waals surface area contributed by atoms with E-state index in [4.69, 9.17) is 9.52 Å². The number of carboxylic acids is 1. The molecule has 3 rings (SSSR count). The Hall–Kier alpha value is -1.45. The lowest BCUT2D eigenvalue weighted by atomic mass is 9.98. The van der Waals surface area contributed by atoms with Crippen molar-refractivity contribution in [1.82, 2.24) is 0 Å². The standard InChI is InChI=1S/C13H17NO3/c15-13(16)11-5-6-12(17-11)14-7-10(8-1-2-8)9-3-4-9/h5-6,8-10,14H,1-4,7H2,(H,15,16). The van der Waals surface area contributed by atoms with E-state index >= 15 is 0 Å². The molecule has 2 N–H and O–H groups in total. The lowest BCUT2D eigenvalue weighted by Gasteiger charge is -2.15. The van der Waals surface area contributed by atoms with Crippen LogP contribution in [0.25, 0.3) is 0 Å². The summed E-state index contributed by atoms with van der Waals surface area (Å²) in [6.07, 6.45) is 5.45. The van der Waals surface area contributed by atoms with Crippen LogP contribution in [0.4, 0.5) is 5.88 Å². The Balaban J connectivity index is 1.56. The van der Waals surface area contributed by atoms with Crippen molar-refractivity contribution in [2.75, 3.05) is 11.9 Å². The fraction of sp³-hybridized carbons (Fsp3) is 0.615. The predicted molar refractivity (Wildman–Crippen MR) is 63.1 cm³/mol. The molecule has 0 bridgehead atoms. The highest BCUT2D eigenvalue weighted by atomic mass is 16.4. The van der Waals surface area contributed by atoms with Crippen molar-refractivity contribution in [3.8, 4) is 0 Å². The highest BCUT2D eigenvalue weighted by molar-refractivity contribution is 5.84. The number of anilines is 1. The molecule has 0 aliphatic heterocycles. The van der Waals surface area contributed by atoms with Crippen LogP contribution in [-0.4, -0.2) is 17.6 Å². The van der Waals surface area contributed by atoms with Crippen LogP contribution in [-0.2, 0) is 0 Å². The normalized spacial score (nSPS) is 19.6. The monoisotopic (exact) mass is 235 g/mol. The van der Waals surface area contributed by atoms with Crippen molar-refractivity contribution in [3.05, 3.63) is 17.9 Å². The number of hydrogen-bond acceptors (Lipinski definition) is 3. The number of hydrogen-bond donors (Lipinski definition) is 2. The quantitative estimate of drug-likeness (QED) is 0.795. The minimum Gasteiger partial charge on any atom is -0.475 e. The highest BCUT2D eigenvalue weighted by Gasteiger charge is 2.41. The Morgan fingerprint density at radius 3 is 2.47 bits per heavy atom. The fourth-order valence-corrected chi connectivity index (χ4v) is 2.53. The van der Waals surface area contributed by atoms with Crippen molar-refractivity contribution < 1.29 is 14.3 Å². The molecule has 2 fully saturated rings. The second-order valence-electron chi connectivity index (χ2n) is 5.19. The van der Waals surface area contributed by atoms with Crippen LogP contribution in [0.3, 0.4) is 0 Å². The summed E-state index contributed by atoms with van der Waals surface area (Å²) in [6.45, 7) is 0.919. The molecule has 2 aliphatic rings. The molecule has 1 heterocycles. The van der Waals surface area contributed by atoms with Gasteiger partial charge in [0, 0.05) is 12.6 Å². The van der Waals surface area contributed by atoms with Gasteiger partial charge in [-0.15, -0.1) is 0 Å². The molecule has 0 aromatic carbocycles. The van der Waals surface area contributed by atoms with Crippen molar-refractivity contribution in [2.24, 2.45) is 17.8 Å². The fourth-order valence-electron chi connectivity index (χ4n) is 2.53. The molecule has 4 nitrogen and oxygen atoms in total. The molecule has 2 aliphatic carbocycles. The summed E-state index contributed by atoms with van der Waals surface area (Å²) in [6, 6.07) is 3.19. The third-order valence-electron chi connectivity index (χ3n) is 3.78. The Labute approximate surface area is 100 Å². The van der Waals surface area contributed by atoms with Gasteiger partial charge >= 0.3 is 5.97 Å². The van der Waals surface area contributed by atoms with E-state index in [9.17, 15) is 4.79 Å². The minimum absolute atomic E-state index is 0.00175. The van der Waals surface area contributed by atoms with Gasteiger partial charge in [0.25, 0.3) is 0 Å². The Morgan fingerprint density at radius 2 is 2.00 bits per heavy atom. The number of nitrogens with one attached hydrogen (secondary N) is 1. The number of rotatable bonds is 6. The first-order valence-electron chi connectivity index (χ1n) is 6.31. The molecule has 1 aromatic heterocycles. The molecule has 0 atom stereocenters. The molecule has 0 spiro atoms. The summed E-state index contributed by atoms with van der Waals surface area (Å²) in [4.78, 5) is 10.7. The van der Waals surface area contributed by atoms with E-state index in [2.05, 4.69) is 5.32 Å². The first kappa shape index (κ1) is 10.7. The van der Waals surface area contributed by atoms with Gasteiger partial charge in [0.2, 0.25) is 5.76 Å². The largest absolute Gasteiger partial charge is 0.475 e. The lowest BCUT2D eigenvalue weighted by molar-refractivity contribution is 0.0663. The maximum absolute atomic E-state index is 10.7. The van der Waals surface area contributed by atoms with Crippen LogP contribution >= 0.6 is 0 Å². The van der Waals surface area contributed by atoms with Crippen LogP contribution in [0.5, 0.6) is 0 Å². The van der Waals surface area contributed by atoms with E-state index < -0.39 is 5.97 Å². The molecule has 1 aromatic rings. The number of carboxylic acid groups (broad SMARTS) is 1. The molecule has 0 saturated heterocycles. The van der Waals surface area contributed by atoms with Crippen LogP contribution in [0.1, 0.15) is 36.2 Å². The molecule has 92 valence electrons. The topological polar surface area (TPSA) is 62.5 Å². The Bertz CT molecular complexity index is 406. The molecule has 0 unspecified atom stereocenters. The molecule has 4 heteroatoms. The van der Waals surface area contributed by atoms with Gasteiger partial charge in [-0.2, -0.15) is 0 Å². The number of carbonyl (C=O) groups is 1. The van der Waals surface area contributed by atoms with Gasteiger partial charge in [-0.1, -0.05) is 0 Å². The van der Waals surface area contributed by atoms with E-state index in [1.54, 1.807) is 6.07 Å². The first-order chi connectivity index (χ1) is 8.24. The molecule has 17 heavy (non-hydrogen) atoms. The van der Waals surface area contributed by atoms with Crippen LogP contribution < -0.4 is 5.32 Å². The SMILES string of the molecule is O=C(O)c1ccc(NCC(C2CC2)C2CC2)o1. The maximum Gasteiger partial charge on any atom is 0.371 e. The van der Waals surface area contributed by atoms with Crippen LogP contribution in [0.2, 0.25) is 0 Å². The highest BCUT2D eigenvalue weighted by Crippen LogP contribution is 2.49. The third-order valence-corrected chi connectivity index (χ3v) is 3.78. The summed E-state index contributed by atoms with van der Waals surface area (Å²) in [5.41, 5.74) is 0. The molecular formula is C13H17NO3. The zero-order chi connectivity index (χ0) is 11.8. The van der Waals surface area contributed by atoms with Gasteiger partial charge in [0.1, 0.15) is 0 Å². The van der Waals surface area contributed by atoms with E-state index in [-0.39, 0.29) is 5.76 Å². The minimum atomic E-state index is -1.01. The third kappa shape index (κ3) is 2.46. The second-order valence-corrected chi connectivity index (χ2v) is 5.19. The van der Waals surface area contributed by atoms with Crippen molar-refractivity contribution in [3.63, 3.8) is 0 Å². The zero-order valence-electron chi connectivity index (χ0n) is 9.69. The van der Waals surface area contributed by atoms with Gasteiger partial charge in [-0.25, -0.2) is 4.79 Å². The Kier molecular flexibility index (Phi) is 2.57. The van der Waals surface area contributed by atoms with Gasteiger partial charge in [0.15, 0.2) is 5.88 Å². The Morgan fingerprint density at radius 1 is 1.35 bits per heavy atom. The summed E-state index contributed by atoms with van der Waals surface area (Å²) in [5.74, 6) is 2.11. The summed E-state index contributed by atoms with van der Waals surface area (Å²) >= 11 is 0. The average molecular weight is 235 g/mol. The summed E-state index contributed by atoms with van der Waals surface area (Å²) in [5, 5.41) is 12.0. The van der Waals surface area contributed by atoms with Crippen LogP contribution in [0, 0.1) is 17.8 Å². The van der Waals surface area contributed by atoms with E-state index in [0.29, 0.717) is 5.88 Å². The average Bonchev–Trinajstić information content (AvgIpc) is 3.20. The summed E-state index contributed by atoms with van der Waals surface area (Å²) < 4.78 is 5.19. The van der Waals surface area contributed by atoms with Crippen molar-refractivity contribution in [2.45, 2.75) is 25.7 Å². The maximum atomic E-state index is 10.7. The van der Waals surface area contributed by atoms with Crippen molar-refractivity contribution in [1.29, 1.82) is 0 Å². The van der Waals surface area contributed by atoms with Gasteiger partial charge in [-0.05, 0) is 49.5 Å². The lowest BCUT2D eigenvalue weighted by Crippen LogP contribution is -2.17. The number of aromatic carboxylic acids is 1. The zero-order valence-corrected chi connectivity index (χ0v) is 9.69. The first-order valence-corrected chi connectivity index (χ1v) is 6.31. The predicted octanol–water partition coefficient (Wildman–Crippen LogP) is 2.83. The molecule has 0 radical (unpaired) electrons. The smallest absolute Gasteiger partial charge is 0.371 e. The molecular weight excluding hydrogens is 218 g/mol. The van der Waals surface area contributed by atoms with E-state index in [1.807, 2.05) is 0 Å². The van der Waals surface area contributed by atoms with Crippen LogP contribution in [0.15, 0.2) is 16.5 Å². The van der Waals surface area contributed by atoms with Gasteiger partial charge in [-0.3, -0.25) is 0 Å².